The van der Waals surface area contributed by atoms with Gasteiger partial charge < -0.3 is 5.32 Å². The van der Waals surface area contributed by atoms with Crippen molar-refractivity contribution in [3.05, 3.63) is 35.2 Å². The number of hydrogen-bond donors (Lipinski definition) is 3. The number of nitrogens with one attached hydrogen (secondary N) is 3. The van der Waals surface area contributed by atoms with Crippen molar-refractivity contribution in [3.63, 3.8) is 0 Å². The molecule has 3 N–H and O–H groups in total. The summed E-state index contributed by atoms with van der Waals surface area (Å²) < 4.78 is 0. The van der Waals surface area contributed by atoms with Gasteiger partial charge in [0.05, 0.1) is 11.2 Å². The predicted octanol–water partition coefficient (Wildman–Crippen LogP) is 2.48. The van der Waals surface area contributed by atoms with Crippen molar-refractivity contribution in [2.45, 2.75) is 25.4 Å². The summed E-state index contributed by atoms with van der Waals surface area (Å²) in [5, 5.41) is 5.53. The molecule has 1 aliphatic heterocycles. The van der Waals surface area contributed by atoms with E-state index in [4.69, 9.17) is 0 Å². The maximum absolute atomic E-state index is 4.31. The zero-order chi connectivity index (χ0) is 13.1. The molecule has 4 nitrogen and oxygen atoms in total. The van der Waals surface area contributed by atoms with E-state index in [2.05, 4.69) is 57.7 Å². The molecule has 1 fully saturated rings. The third-order valence-corrected chi connectivity index (χ3v) is 3.92. The Hall–Kier alpha value is -1.43. The lowest BCUT2D eigenvalue weighted by molar-refractivity contribution is 0.557. The van der Waals surface area contributed by atoms with Gasteiger partial charge in [-0.05, 0) is 25.5 Å². The van der Waals surface area contributed by atoms with E-state index in [1.54, 1.807) is 11.3 Å². The SMILES string of the molecule is CC1CC(CNc2ccc(-c3cscn3)cc2)NN1. The van der Waals surface area contributed by atoms with E-state index >= 15 is 0 Å². The monoisotopic (exact) mass is 274 g/mol. The summed E-state index contributed by atoms with van der Waals surface area (Å²) in [5.41, 5.74) is 11.8. The largest absolute Gasteiger partial charge is 0.383 e. The molecular weight excluding hydrogens is 256 g/mol. The molecule has 100 valence electrons. The van der Waals surface area contributed by atoms with Crippen molar-refractivity contribution in [1.29, 1.82) is 0 Å². The van der Waals surface area contributed by atoms with Crippen LogP contribution in [0, 0.1) is 0 Å². The van der Waals surface area contributed by atoms with Crippen LogP contribution in [0.15, 0.2) is 35.2 Å². The first-order valence-corrected chi connectivity index (χ1v) is 7.49. The van der Waals surface area contributed by atoms with Crippen molar-refractivity contribution in [2.24, 2.45) is 0 Å². The summed E-state index contributed by atoms with van der Waals surface area (Å²) in [6, 6.07) is 9.49. The molecule has 2 heterocycles. The van der Waals surface area contributed by atoms with Crippen molar-refractivity contribution < 1.29 is 0 Å². The van der Waals surface area contributed by atoms with Gasteiger partial charge in [-0.2, -0.15) is 0 Å². The molecule has 5 heteroatoms. The fourth-order valence-electron chi connectivity index (χ4n) is 2.29. The van der Waals surface area contributed by atoms with Crippen LogP contribution in [-0.2, 0) is 0 Å². The van der Waals surface area contributed by atoms with Gasteiger partial charge >= 0.3 is 0 Å². The number of thiazole rings is 1. The molecular formula is C14H18N4S. The molecule has 1 aromatic heterocycles. The van der Waals surface area contributed by atoms with Crippen molar-refractivity contribution in [1.82, 2.24) is 15.8 Å². The minimum Gasteiger partial charge on any atom is -0.383 e. The van der Waals surface area contributed by atoms with Crippen LogP contribution in [0.1, 0.15) is 13.3 Å². The van der Waals surface area contributed by atoms with Gasteiger partial charge in [-0.15, -0.1) is 11.3 Å². The van der Waals surface area contributed by atoms with Gasteiger partial charge in [-0.25, -0.2) is 4.98 Å². The minimum atomic E-state index is 0.494. The number of hydrazine groups is 1. The minimum absolute atomic E-state index is 0.494. The van der Waals surface area contributed by atoms with Gasteiger partial charge in [0.1, 0.15) is 0 Å². The Morgan fingerprint density at radius 1 is 1.32 bits per heavy atom. The topological polar surface area (TPSA) is 49.0 Å². The Balaban J connectivity index is 1.57. The third-order valence-electron chi connectivity index (χ3n) is 3.34. The van der Waals surface area contributed by atoms with E-state index in [0.29, 0.717) is 12.1 Å². The Labute approximate surface area is 117 Å². The Morgan fingerprint density at radius 3 is 2.79 bits per heavy atom. The Bertz CT molecular complexity index is 509. The van der Waals surface area contributed by atoms with E-state index < -0.39 is 0 Å². The number of anilines is 1. The lowest BCUT2D eigenvalue weighted by Crippen LogP contribution is -2.35. The van der Waals surface area contributed by atoms with Crippen molar-refractivity contribution in [2.75, 3.05) is 11.9 Å². The first-order valence-electron chi connectivity index (χ1n) is 6.55. The van der Waals surface area contributed by atoms with Gasteiger partial charge in [-0.1, -0.05) is 12.1 Å². The molecule has 2 unspecified atom stereocenters. The molecule has 2 atom stereocenters. The van der Waals surface area contributed by atoms with Crippen molar-refractivity contribution in [3.8, 4) is 11.3 Å². The van der Waals surface area contributed by atoms with E-state index in [1.807, 2.05) is 5.51 Å². The van der Waals surface area contributed by atoms with Crippen LogP contribution in [-0.4, -0.2) is 23.6 Å². The standard InChI is InChI=1S/C14H18N4S/c1-10-6-13(18-17-10)7-15-12-4-2-11(3-5-12)14-8-19-9-16-14/h2-5,8-10,13,15,17-18H,6-7H2,1H3. The maximum atomic E-state index is 4.31. The van der Waals surface area contributed by atoms with E-state index in [1.165, 1.54) is 5.56 Å². The number of hydrogen-bond acceptors (Lipinski definition) is 5. The first-order chi connectivity index (χ1) is 9.31. The Kier molecular flexibility index (Phi) is 3.77. The lowest BCUT2D eigenvalue weighted by Gasteiger charge is -2.12. The number of benzene rings is 1. The van der Waals surface area contributed by atoms with Crippen LogP contribution in [0.2, 0.25) is 0 Å². The fourth-order valence-corrected chi connectivity index (χ4v) is 2.86. The quantitative estimate of drug-likeness (QED) is 0.801. The second-order valence-electron chi connectivity index (χ2n) is 4.95. The third kappa shape index (κ3) is 3.12. The molecule has 0 aliphatic carbocycles. The zero-order valence-electron chi connectivity index (χ0n) is 10.9. The van der Waals surface area contributed by atoms with Gasteiger partial charge in [0.25, 0.3) is 0 Å². The highest BCUT2D eigenvalue weighted by atomic mass is 32.1. The average Bonchev–Trinajstić information content (AvgIpc) is 3.08. The second-order valence-corrected chi connectivity index (χ2v) is 5.67. The predicted molar refractivity (Wildman–Crippen MR) is 80.2 cm³/mol. The van der Waals surface area contributed by atoms with Crippen LogP contribution in [0.5, 0.6) is 0 Å². The molecule has 1 aliphatic rings. The Morgan fingerprint density at radius 2 is 2.16 bits per heavy atom. The summed E-state index contributed by atoms with van der Waals surface area (Å²) >= 11 is 1.62. The summed E-state index contributed by atoms with van der Waals surface area (Å²) in [4.78, 5) is 4.31. The van der Waals surface area contributed by atoms with Crippen LogP contribution in [0.25, 0.3) is 11.3 Å². The maximum Gasteiger partial charge on any atom is 0.0811 e. The van der Waals surface area contributed by atoms with Gasteiger partial charge in [0.2, 0.25) is 0 Å². The van der Waals surface area contributed by atoms with Gasteiger partial charge in [0, 0.05) is 35.3 Å². The van der Waals surface area contributed by atoms with E-state index in [0.717, 1.165) is 24.3 Å². The molecule has 0 radical (unpaired) electrons. The molecule has 0 spiro atoms. The highest BCUT2D eigenvalue weighted by Crippen LogP contribution is 2.21. The molecule has 1 saturated heterocycles. The average molecular weight is 274 g/mol. The van der Waals surface area contributed by atoms with E-state index in [-0.39, 0.29) is 0 Å². The lowest BCUT2D eigenvalue weighted by atomic mass is 10.1. The summed E-state index contributed by atoms with van der Waals surface area (Å²) in [7, 11) is 0. The zero-order valence-corrected chi connectivity index (χ0v) is 11.7. The summed E-state index contributed by atoms with van der Waals surface area (Å²) in [6.45, 7) is 3.13. The molecule has 0 saturated carbocycles. The number of rotatable bonds is 4. The van der Waals surface area contributed by atoms with E-state index in [9.17, 15) is 0 Å². The van der Waals surface area contributed by atoms with Crippen LogP contribution in [0.3, 0.4) is 0 Å². The van der Waals surface area contributed by atoms with Crippen LogP contribution >= 0.6 is 11.3 Å². The van der Waals surface area contributed by atoms with Gasteiger partial charge in [-0.3, -0.25) is 10.9 Å². The van der Waals surface area contributed by atoms with Crippen LogP contribution in [0.4, 0.5) is 5.69 Å². The molecule has 0 amide bonds. The molecule has 2 aromatic rings. The number of aromatic nitrogens is 1. The highest BCUT2D eigenvalue weighted by molar-refractivity contribution is 7.07. The molecule has 3 rings (SSSR count). The number of nitrogens with zero attached hydrogens (tertiary/aromatic N) is 1. The molecule has 1 aromatic carbocycles. The first kappa shape index (κ1) is 12.6. The van der Waals surface area contributed by atoms with Gasteiger partial charge in [0.15, 0.2) is 0 Å². The summed E-state index contributed by atoms with van der Waals surface area (Å²) in [5.74, 6) is 0. The molecule has 19 heavy (non-hydrogen) atoms. The highest BCUT2D eigenvalue weighted by Gasteiger charge is 2.19. The van der Waals surface area contributed by atoms with Crippen molar-refractivity contribution >= 4 is 17.0 Å². The molecule has 0 bridgehead atoms. The normalized spacial score (nSPS) is 22.6. The van der Waals surface area contributed by atoms with Crippen LogP contribution < -0.4 is 16.2 Å². The second kappa shape index (κ2) is 5.69. The smallest absolute Gasteiger partial charge is 0.0811 e. The fraction of sp³-hybridized carbons (Fsp3) is 0.357. The summed E-state index contributed by atoms with van der Waals surface area (Å²) in [6.07, 6.45) is 1.16.